The first kappa shape index (κ1) is 13.4. The minimum absolute atomic E-state index is 0. The van der Waals surface area contributed by atoms with Gasteiger partial charge in [0.1, 0.15) is 11.6 Å². The molecular formula is C9H9Cl2F2N. The van der Waals surface area contributed by atoms with Crippen molar-refractivity contribution in [2.24, 2.45) is 5.73 Å². The first-order chi connectivity index (χ1) is 6.07. The van der Waals surface area contributed by atoms with Crippen molar-refractivity contribution in [3.63, 3.8) is 0 Å². The number of hydrogen-bond acceptors (Lipinski definition) is 1. The molecule has 0 saturated carbocycles. The summed E-state index contributed by atoms with van der Waals surface area (Å²) in [6.07, 6.45) is 1.25. The van der Waals surface area contributed by atoms with Crippen LogP contribution >= 0.6 is 24.0 Å². The quantitative estimate of drug-likeness (QED) is 0.623. The van der Waals surface area contributed by atoms with Gasteiger partial charge in [-0.05, 0) is 12.1 Å². The fourth-order valence-electron chi connectivity index (χ4n) is 0.966. The number of halogens is 4. The van der Waals surface area contributed by atoms with E-state index >= 15 is 0 Å². The van der Waals surface area contributed by atoms with Gasteiger partial charge < -0.3 is 5.73 Å². The molecule has 0 aromatic heterocycles. The lowest BCUT2D eigenvalue weighted by molar-refractivity contribution is 0.546. The Labute approximate surface area is 92.0 Å². The molecule has 1 nitrogen and oxygen atoms in total. The summed E-state index contributed by atoms with van der Waals surface area (Å²) >= 11 is 5.46. The van der Waals surface area contributed by atoms with E-state index in [1.165, 1.54) is 6.08 Å². The van der Waals surface area contributed by atoms with Gasteiger partial charge in [0.15, 0.2) is 0 Å². The van der Waals surface area contributed by atoms with E-state index in [9.17, 15) is 8.78 Å². The number of nitrogens with two attached hydrogens (primary N) is 1. The summed E-state index contributed by atoms with van der Waals surface area (Å²) in [5.41, 5.74) is 5.16. The van der Waals surface area contributed by atoms with E-state index in [4.69, 9.17) is 17.3 Å². The van der Waals surface area contributed by atoms with E-state index in [1.54, 1.807) is 0 Å². The van der Waals surface area contributed by atoms with Crippen molar-refractivity contribution in [2.45, 2.75) is 6.04 Å². The SMILES string of the molecule is C=C[C@H](N)c1c(F)ccc(Cl)c1F.Cl. The summed E-state index contributed by atoms with van der Waals surface area (Å²) in [5.74, 6) is -1.54. The smallest absolute Gasteiger partial charge is 0.149 e. The number of hydrogen-bond donors (Lipinski definition) is 1. The molecule has 0 amide bonds. The van der Waals surface area contributed by atoms with Gasteiger partial charge in [0, 0.05) is 5.56 Å². The molecule has 14 heavy (non-hydrogen) atoms. The summed E-state index contributed by atoms with van der Waals surface area (Å²) in [6, 6.07) is 1.34. The van der Waals surface area contributed by atoms with Crippen LogP contribution in [-0.4, -0.2) is 0 Å². The van der Waals surface area contributed by atoms with Crippen LogP contribution in [0.3, 0.4) is 0 Å². The minimum atomic E-state index is -0.876. The third kappa shape index (κ3) is 2.44. The maximum absolute atomic E-state index is 13.2. The molecule has 0 aliphatic rings. The summed E-state index contributed by atoms with van der Waals surface area (Å²) in [5, 5.41) is -0.145. The van der Waals surface area contributed by atoms with Gasteiger partial charge in [0.05, 0.1) is 11.1 Å². The van der Waals surface area contributed by atoms with Crippen molar-refractivity contribution in [2.75, 3.05) is 0 Å². The average Bonchev–Trinajstić information content (AvgIpc) is 2.12. The lowest BCUT2D eigenvalue weighted by atomic mass is 10.1. The van der Waals surface area contributed by atoms with E-state index < -0.39 is 17.7 Å². The Bertz CT molecular complexity index is 342. The topological polar surface area (TPSA) is 26.0 Å². The minimum Gasteiger partial charge on any atom is -0.321 e. The predicted molar refractivity (Wildman–Crippen MR) is 55.7 cm³/mol. The second-order valence-corrected chi connectivity index (χ2v) is 2.93. The summed E-state index contributed by atoms with van der Waals surface area (Å²) in [6.45, 7) is 3.35. The van der Waals surface area contributed by atoms with Crippen LogP contribution in [0.15, 0.2) is 24.8 Å². The zero-order chi connectivity index (χ0) is 10.0. The average molecular weight is 240 g/mol. The molecule has 0 fully saturated rings. The Morgan fingerprint density at radius 3 is 2.50 bits per heavy atom. The molecule has 0 aliphatic heterocycles. The van der Waals surface area contributed by atoms with Crippen LogP contribution in [0.2, 0.25) is 5.02 Å². The van der Waals surface area contributed by atoms with Gasteiger partial charge in [-0.3, -0.25) is 0 Å². The molecular weight excluding hydrogens is 231 g/mol. The molecule has 0 spiro atoms. The molecule has 1 atom stereocenters. The molecule has 1 aromatic rings. The Morgan fingerprint density at radius 2 is 2.00 bits per heavy atom. The first-order valence-corrected chi connectivity index (χ1v) is 3.97. The third-order valence-electron chi connectivity index (χ3n) is 1.67. The Balaban J connectivity index is 0.00000169. The van der Waals surface area contributed by atoms with Crippen molar-refractivity contribution in [3.8, 4) is 0 Å². The van der Waals surface area contributed by atoms with E-state index in [-0.39, 0.29) is 23.0 Å². The van der Waals surface area contributed by atoms with Crippen LogP contribution in [0, 0.1) is 11.6 Å². The van der Waals surface area contributed by atoms with Gasteiger partial charge in [0.2, 0.25) is 0 Å². The summed E-state index contributed by atoms with van der Waals surface area (Å²) in [7, 11) is 0. The second kappa shape index (κ2) is 5.29. The fraction of sp³-hybridized carbons (Fsp3) is 0.111. The van der Waals surface area contributed by atoms with E-state index in [0.29, 0.717) is 0 Å². The van der Waals surface area contributed by atoms with Crippen LogP contribution in [-0.2, 0) is 0 Å². The van der Waals surface area contributed by atoms with Gasteiger partial charge in [0.25, 0.3) is 0 Å². The number of benzene rings is 1. The lowest BCUT2D eigenvalue weighted by Gasteiger charge is -2.09. The highest BCUT2D eigenvalue weighted by Crippen LogP contribution is 2.25. The highest BCUT2D eigenvalue weighted by Gasteiger charge is 2.16. The van der Waals surface area contributed by atoms with Gasteiger partial charge in [-0.15, -0.1) is 19.0 Å². The molecule has 78 valence electrons. The lowest BCUT2D eigenvalue weighted by Crippen LogP contribution is -2.11. The van der Waals surface area contributed by atoms with Crippen molar-refractivity contribution in [3.05, 3.63) is 47.0 Å². The van der Waals surface area contributed by atoms with E-state index in [2.05, 4.69) is 6.58 Å². The van der Waals surface area contributed by atoms with Crippen molar-refractivity contribution in [1.82, 2.24) is 0 Å². The fourth-order valence-corrected chi connectivity index (χ4v) is 1.13. The standard InChI is InChI=1S/C9H8ClF2N.ClH/c1-2-7(13)8-6(11)4-3-5(10)9(8)12;/h2-4,7H,1,13H2;1H/t7-;/m0./s1. The normalized spacial score (nSPS) is 11.7. The Hall–Kier alpha value is -0.640. The van der Waals surface area contributed by atoms with Crippen molar-refractivity contribution < 1.29 is 8.78 Å². The monoisotopic (exact) mass is 239 g/mol. The molecule has 5 heteroatoms. The van der Waals surface area contributed by atoms with Crippen LogP contribution in [0.1, 0.15) is 11.6 Å². The van der Waals surface area contributed by atoms with Gasteiger partial charge in [-0.25, -0.2) is 8.78 Å². The molecule has 0 unspecified atom stereocenters. The molecule has 2 N–H and O–H groups in total. The highest BCUT2D eigenvalue weighted by atomic mass is 35.5. The first-order valence-electron chi connectivity index (χ1n) is 3.59. The second-order valence-electron chi connectivity index (χ2n) is 2.52. The predicted octanol–water partition coefficient (Wildman–Crippen LogP) is 3.23. The van der Waals surface area contributed by atoms with Crippen LogP contribution in [0.25, 0.3) is 0 Å². The molecule has 0 aliphatic carbocycles. The van der Waals surface area contributed by atoms with Crippen LogP contribution in [0.4, 0.5) is 8.78 Å². The molecule has 0 radical (unpaired) electrons. The van der Waals surface area contributed by atoms with Crippen molar-refractivity contribution >= 4 is 24.0 Å². The van der Waals surface area contributed by atoms with Crippen LogP contribution < -0.4 is 5.73 Å². The zero-order valence-corrected chi connectivity index (χ0v) is 8.71. The molecule has 0 bridgehead atoms. The Kier molecular flexibility index (Phi) is 5.05. The van der Waals surface area contributed by atoms with E-state index in [0.717, 1.165) is 12.1 Å². The highest BCUT2D eigenvalue weighted by molar-refractivity contribution is 6.30. The third-order valence-corrected chi connectivity index (χ3v) is 1.96. The van der Waals surface area contributed by atoms with Gasteiger partial charge >= 0.3 is 0 Å². The zero-order valence-electron chi connectivity index (χ0n) is 7.14. The van der Waals surface area contributed by atoms with Gasteiger partial charge in [-0.1, -0.05) is 17.7 Å². The molecule has 0 heterocycles. The molecule has 1 rings (SSSR count). The Morgan fingerprint density at radius 1 is 1.43 bits per heavy atom. The van der Waals surface area contributed by atoms with E-state index in [1.807, 2.05) is 0 Å². The maximum atomic E-state index is 13.2. The maximum Gasteiger partial charge on any atom is 0.149 e. The molecule has 1 aromatic carbocycles. The van der Waals surface area contributed by atoms with Crippen LogP contribution in [0.5, 0.6) is 0 Å². The summed E-state index contributed by atoms with van der Waals surface area (Å²) in [4.78, 5) is 0. The number of rotatable bonds is 2. The summed E-state index contributed by atoms with van der Waals surface area (Å²) < 4.78 is 26.2. The largest absolute Gasteiger partial charge is 0.321 e. The van der Waals surface area contributed by atoms with Crippen molar-refractivity contribution in [1.29, 1.82) is 0 Å². The van der Waals surface area contributed by atoms with Gasteiger partial charge in [-0.2, -0.15) is 0 Å². The molecule has 0 saturated heterocycles.